The van der Waals surface area contributed by atoms with Gasteiger partial charge in [-0.1, -0.05) is 6.07 Å². The number of alkyl halides is 3. The van der Waals surface area contributed by atoms with Gasteiger partial charge in [0.15, 0.2) is 0 Å². The van der Waals surface area contributed by atoms with Gasteiger partial charge in [0.25, 0.3) is 0 Å². The summed E-state index contributed by atoms with van der Waals surface area (Å²) in [6.45, 7) is 0. The third-order valence-corrected chi connectivity index (χ3v) is 2.36. The van der Waals surface area contributed by atoms with Crippen LogP contribution < -0.4 is 5.73 Å². The summed E-state index contributed by atoms with van der Waals surface area (Å²) < 4.78 is 35.5. The first-order valence-corrected chi connectivity index (χ1v) is 4.23. The number of halogens is 4. The maximum atomic E-state index is 11.8. The van der Waals surface area contributed by atoms with Crippen LogP contribution in [-0.2, 0) is 0 Å². The Morgan fingerprint density at radius 1 is 1.46 bits per heavy atom. The molecule has 6 heteroatoms. The quantitative estimate of drug-likeness (QED) is 0.832. The van der Waals surface area contributed by atoms with Crippen molar-refractivity contribution in [3.8, 4) is 0 Å². The molecule has 0 unspecified atom stereocenters. The van der Waals surface area contributed by atoms with Gasteiger partial charge in [-0.3, -0.25) is 0 Å². The van der Waals surface area contributed by atoms with Crippen LogP contribution >= 0.6 is 23.7 Å². The average molecular weight is 232 g/mol. The predicted molar refractivity (Wildman–Crippen MR) is 49.2 cm³/mol. The van der Waals surface area contributed by atoms with Gasteiger partial charge in [0, 0.05) is 10.9 Å². The van der Waals surface area contributed by atoms with E-state index in [9.17, 15) is 13.2 Å². The Labute approximate surface area is 84.2 Å². The zero-order valence-corrected chi connectivity index (χ0v) is 8.18. The zero-order chi connectivity index (χ0) is 9.19. The number of hydrogen-bond acceptors (Lipinski definition) is 2. The van der Waals surface area contributed by atoms with Crippen molar-refractivity contribution in [2.75, 3.05) is 0 Å². The van der Waals surface area contributed by atoms with Crippen LogP contribution in [0.1, 0.15) is 17.3 Å². The summed E-state index contributed by atoms with van der Waals surface area (Å²) in [6.07, 6.45) is -5.13. The Morgan fingerprint density at radius 2 is 2.08 bits per heavy atom. The summed E-state index contributed by atoms with van der Waals surface area (Å²) in [5, 5.41) is 1.71. The monoisotopic (exact) mass is 231 g/mol. The Hall–Kier alpha value is -0.260. The van der Waals surface area contributed by atoms with Crippen LogP contribution in [0.3, 0.4) is 0 Å². The maximum Gasteiger partial charge on any atom is 0.390 e. The summed E-state index contributed by atoms with van der Waals surface area (Å²) in [4.78, 5) is 0.576. The van der Waals surface area contributed by atoms with Crippen LogP contribution in [0.25, 0.3) is 0 Å². The fourth-order valence-corrected chi connectivity index (χ4v) is 1.58. The molecule has 1 rings (SSSR count). The van der Waals surface area contributed by atoms with Gasteiger partial charge in [0.2, 0.25) is 0 Å². The summed E-state index contributed by atoms with van der Waals surface area (Å²) >= 11 is 1.25. The van der Waals surface area contributed by atoms with E-state index >= 15 is 0 Å². The van der Waals surface area contributed by atoms with Gasteiger partial charge in [-0.2, -0.15) is 13.2 Å². The van der Waals surface area contributed by atoms with E-state index < -0.39 is 18.6 Å². The highest BCUT2D eigenvalue weighted by Crippen LogP contribution is 2.29. The lowest BCUT2D eigenvalue weighted by Gasteiger charge is -2.11. The van der Waals surface area contributed by atoms with Crippen LogP contribution in [0.15, 0.2) is 17.5 Å². The minimum Gasteiger partial charge on any atom is -0.323 e. The number of nitrogens with two attached hydrogens (primary N) is 1. The molecule has 1 atom stereocenters. The second-order valence-corrected chi connectivity index (χ2v) is 3.42. The molecule has 0 bridgehead atoms. The van der Waals surface area contributed by atoms with E-state index in [1.807, 2.05) is 0 Å². The lowest BCUT2D eigenvalue weighted by molar-refractivity contribution is -0.138. The van der Waals surface area contributed by atoms with Crippen LogP contribution in [-0.4, -0.2) is 6.18 Å². The first-order chi connectivity index (χ1) is 5.49. The predicted octanol–water partition coefficient (Wildman–Crippen LogP) is 3.12. The normalized spacial score (nSPS) is 13.5. The summed E-state index contributed by atoms with van der Waals surface area (Å²) in [5.74, 6) is 0. The van der Waals surface area contributed by atoms with E-state index in [2.05, 4.69) is 0 Å². The molecular weight excluding hydrogens is 223 g/mol. The molecule has 0 aliphatic heterocycles. The van der Waals surface area contributed by atoms with Gasteiger partial charge in [0.1, 0.15) is 0 Å². The number of thiophene rings is 1. The molecule has 1 aromatic heterocycles. The number of rotatable bonds is 2. The Bertz CT molecular complexity index is 234. The minimum absolute atomic E-state index is 0. The highest BCUT2D eigenvalue weighted by molar-refractivity contribution is 7.10. The topological polar surface area (TPSA) is 26.0 Å². The molecule has 1 aromatic rings. The van der Waals surface area contributed by atoms with Crippen molar-refractivity contribution in [2.24, 2.45) is 5.73 Å². The van der Waals surface area contributed by atoms with Crippen molar-refractivity contribution >= 4 is 23.7 Å². The van der Waals surface area contributed by atoms with Crippen molar-refractivity contribution in [3.63, 3.8) is 0 Å². The van der Waals surface area contributed by atoms with E-state index in [-0.39, 0.29) is 12.4 Å². The molecule has 2 N–H and O–H groups in total. The SMILES string of the molecule is Cl.N[C@@H](CC(F)(F)F)c1cccs1. The van der Waals surface area contributed by atoms with E-state index in [4.69, 9.17) is 5.73 Å². The minimum atomic E-state index is -4.18. The van der Waals surface area contributed by atoms with Gasteiger partial charge >= 0.3 is 6.18 Å². The smallest absolute Gasteiger partial charge is 0.323 e. The third-order valence-electron chi connectivity index (χ3n) is 1.36. The molecule has 13 heavy (non-hydrogen) atoms. The van der Waals surface area contributed by atoms with Crippen LogP contribution in [0.2, 0.25) is 0 Å². The molecule has 0 aliphatic carbocycles. The fraction of sp³-hybridized carbons (Fsp3) is 0.429. The van der Waals surface area contributed by atoms with E-state index in [1.54, 1.807) is 17.5 Å². The highest BCUT2D eigenvalue weighted by atomic mass is 35.5. The summed E-state index contributed by atoms with van der Waals surface area (Å²) in [7, 11) is 0. The molecular formula is C7H9ClF3NS. The Morgan fingerprint density at radius 3 is 2.46 bits per heavy atom. The van der Waals surface area contributed by atoms with Crippen molar-refractivity contribution in [1.29, 1.82) is 0 Å². The highest BCUT2D eigenvalue weighted by Gasteiger charge is 2.31. The molecule has 1 nitrogen and oxygen atoms in total. The number of hydrogen-bond donors (Lipinski definition) is 1. The molecule has 0 saturated carbocycles. The largest absolute Gasteiger partial charge is 0.390 e. The molecule has 0 saturated heterocycles. The Kier molecular flexibility index (Phi) is 4.74. The standard InChI is InChI=1S/C7H8F3NS.ClH/c8-7(9,10)4-5(11)6-2-1-3-12-6;/h1-3,5H,4,11H2;1H/t5-;/m0./s1. The van der Waals surface area contributed by atoms with Gasteiger partial charge < -0.3 is 5.73 Å². The third kappa shape index (κ3) is 4.50. The summed E-state index contributed by atoms with van der Waals surface area (Å²) in [6, 6.07) is 2.39. The molecule has 0 radical (unpaired) electrons. The van der Waals surface area contributed by atoms with Crippen molar-refractivity contribution < 1.29 is 13.2 Å². The van der Waals surface area contributed by atoms with E-state index in [1.165, 1.54) is 11.3 Å². The van der Waals surface area contributed by atoms with Gasteiger partial charge in [0.05, 0.1) is 6.42 Å². The second kappa shape index (κ2) is 4.83. The van der Waals surface area contributed by atoms with Gasteiger partial charge in [-0.25, -0.2) is 0 Å². The van der Waals surface area contributed by atoms with Crippen LogP contribution in [0.5, 0.6) is 0 Å². The zero-order valence-electron chi connectivity index (χ0n) is 6.54. The lowest BCUT2D eigenvalue weighted by Crippen LogP contribution is -2.19. The molecule has 0 fully saturated rings. The maximum absolute atomic E-state index is 11.8. The van der Waals surface area contributed by atoms with Crippen LogP contribution in [0.4, 0.5) is 13.2 Å². The van der Waals surface area contributed by atoms with E-state index in [0.717, 1.165) is 0 Å². The Balaban J connectivity index is 0.00000144. The molecule has 0 aliphatic rings. The molecule has 0 aromatic carbocycles. The molecule has 76 valence electrons. The average Bonchev–Trinajstić information content (AvgIpc) is 2.32. The van der Waals surface area contributed by atoms with Crippen molar-refractivity contribution in [2.45, 2.75) is 18.6 Å². The van der Waals surface area contributed by atoms with Gasteiger partial charge in [-0.15, -0.1) is 23.7 Å². The second-order valence-electron chi connectivity index (χ2n) is 2.44. The van der Waals surface area contributed by atoms with Crippen molar-refractivity contribution in [1.82, 2.24) is 0 Å². The first-order valence-electron chi connectivity index (χ1n) is 3.35. The van der Waals surface area contributed by atoms with Crippen LogP contribution in [0, 0.1) is 0 Å². The first kappa shape index (κ1) is 12.7. The van der Waals surface area contributed by atoms with Gasteiger partial charge in [-0.05, 0) is 11.4 Å². The molecule has 0 spiro atoms. The van der Waals surface area contributed by atoms with Crippen molar-refractivity contribution in [3.05, 3.63) is 22.4 Å². The summed E-state index contributed by atoms with van der Waals surface area (Å²) in [5.41, 5.74) is 5.32. The molecule has 0 amide bonds. The molecule has 1 heterocycles. The lowest BCUT2D eigenvalue weighted by atomic mass is 10.2. The van der Waals surface area contributed by atoms with E-state index in [0.29, 0.717) is 4.88 Å². The fourth-order valence-electron chi connectivity index (χ4n) is 0.852.